The zero-order valence-electron chi connectivity index (χ0n) is 9.91. The van der Waals surface area contributed by atoms with Gasteiger partial charge in [-0.3, -0.25) is 0 Å². The lowest BCUT2D eigenvalue weighted by atomic mass is 9.75. The summed E-state index contributed by atoms with van der Waals surface area (Å²) in [5.74, 6) is 0. The molecule has 0 saturated heterocycles. The van der Waals surface area contributed by atoms with Gasteiger partial charge in [0.1, 0.15) is 0 Å². The lowest BCUT2D eigenvalue weighted by Crippen LogP contribution is -2.34. The quantitative estimate of drug-likeness (QED) is 0.854. The van der Waals surface area contributed by atoms with E-state index in [1.54, 1.807) is 12.2 Å². The number of rotatable bonds is 3. The standard InChI is InChI=1S/C13H16N2O2S/c14-10-13(11-4-2-1-3-5-11)8-6-12(7-9-13)18(15,16)17/h1-8H,9-10,14H2,(H2,15,16,17). The summed E-state index contributed by atoms with van der Waals surface area (Å²) in [5.41, 5.74) is 6.60. The second kappa shape index (κ2) is 4.68. The van der Waals surface area contributed by atoms with Crippen molar-refractivity contribution in [3.63, 3.8) is 0 Å². The summed E-state index contributed by atoms with van der Waals surface area (Å²) in [6.45, 7) is 0.419. The Morgan fingerprint density at radius 2 is 1.89 bits per heavy atom. The van der Waals surface area contributed by atoms with Crippen molar-refractivity contribution in [3.8, 4) is 0 Å². The lowest BCUT2D eigenvalue weighted by molar-refractivity contribution is 0.547. The summed E-state index contributed by atoms with van der Waals surface area (Å²) < 4.78 is 22.5. The van der Waals surface area contributed by atoms with Gasteiger partial charge in [0, 0.05) is 12.0 Å². The molecule has 96 valence electrons. The molecule has 1 unspecified atom stereocenters. The molecule has 0 heterocycles. The Bertz CT molecular complexity index is 591. The minimum absolute atomic E-state index is 0.155. The highest BCUT2D eigenvalue weighted by molar-refractivity contribution is 7.93. The van der Waals surface area contributed by atoms with Crippen molar-refractivity contribution in [2.45, 2.75) is 11.8 Å². The predicted molar refractivity (Wildman–Crippen MR) is 72.1 cm³/mol. The van der Waals surface area contributed by atoms with Gasteiger partial charge in [0.25, 0.3) is 0 Å². The van der Waals surface area contributed by atoms with Crippen LogP contribution < -0.4 is 10.9 Å². The van der Waals surface area contributed by atoms with Crippen LogP contribution in [0.5, 0.6) is 0 Å². The Morgan fingerprint density at radius 3 is 2.33 bits per heavy atom. The van der Waals surface area contributed by atoms with Crippen LogP contribution in [-0.4, -0.2) is 15.0 Å². The van der Waals surface area contributed by atoms with Crippen molar-refractivity contribution < 1.29 is 8.42 Å². The average molecular weight is 264 g/mol. The van der Waals surface area contributed by atoms with Crippen LogP contribution in [0.15, 0.2) is 53.5 Å². The lowest BCUT2D eigenvalue weighted by Gasteiger charge is -2.31. The highest BCUT2D eigenvalue weighted by Gasteiger charge is 2.30. The van der Waals surface area contributed by atoms with E-state index in [4.69, 9.17) is 10.9 Å². The summed E-state index contributed by atoms with van der Waals surface area (Å²) in [7, 11) is -3.63. The van der Waals surface area contributed by atoms with Gasteiger partial charge in [-0.25, -0.2) is 13.6 Å². The minimum Gasteiger partial charge on any atom is -0.329 e. The van der Waals surface area contributed by atoms with E-state index in [2.05, 4.69) is 0 Å². The molecule has 0 aromatic heterocycles. The van der Waals surface area contributed by atoms with Crippen molar-refractivity contribution >= 4 is 10.0 Å². The molecule has 0 amide bonds. The van der Waals surface area contributed by atoms with E-state index in [1.165, 1.54) is 0 Å². The van der Waals surface area contributed by atoms with Gasteiger partial charge in [-0.1, -0.05) is 42.5 Å². The number of benzene rings is 1. The van der Waals surface area contributed by atoms with Crippen LogP contribution in [0, 0.1) is 0 Å². The first-order valence-electron chi connectivity index (χ1n) is 5.66. The average Bonchev–Trinajstić information content (AvgIpc) is 2.39. The van der Waals surface area contributed by atoms with Crippen molar-refractivity contribution in [2.75, 3.05) is 6.54 Å². The third kappa shape index (κ3) is 2.38. The molecule has 2 rings (SSSR count). The van der Waals surface area contributed by atoms with Crippen molar-refractivity contribution in [1.82, 2.24) is 0 Å². The summed E-state index contributed by atoms with van der Waals surface area (Å²) in [5, 5.41) is 5.10. The van der Waals surface area contributed by atoms with E-state index in [1.807, 2.05) is 36.4 Å². The van der Waals surface area contributed by atoms with Gasteiger partial charge in [0.2, 0.25) is 10.0 Å². The van der Waals surface area contributed by atoms with E-state index >= 15 is 0 Å². The number of nitrogens with two attached hydrogens (primary N) is 2. The molecule has 1 aromatic carbocycles. The SMILES string of the molecule is NCC1(c2ccccc2)C=CC(S(N)(=O)=O)=CC1. The molecule has 4 nitrogen and oxygen atoms in total. The van der Waals surface area contributed by atoms with Gasteiger partial charge < -0.3 is 5.73 Å². The Kier molecular flexibility index (Phi) is 3.38. The number of hydrogen-bond acceptors (Lipinski definition) is 3. The Balaban J connectivity index is 2.37. The maximum atomic E-state index is 11.2. The molecule has 1 atom stereocenters. The van der Waals surface area contributed by atoms with Crippen LogP contribution in [0.1, 0.15) is 12.0 Å². The van der Waals surface area contributed by atoms with E-state index in [9.17, 15) is 8.42 Å². The van der Waals surface area contributed by atoms with E-state index in [-0.39, 0.29) is 10.3 Å². The largest absolute Gasteiger partial charge is 0.329 e. The third-order valence-electron chi connectivity index (χ3n) is 3.28. The van der Waals surface area contributed by atoms with Gasteiger partial charge in [0.05, 0.1) is 4.91 Å². The summed E-state index contributed by atoms with van der Waals surface area (Å²) in [6.07, 6.45) is 5.55. The van der Waals surface area contributed by atoms with Crippen LogP contribution in [0.25, 0.3) is 0 Å². The Morgan fingerprint density at radius 1 is 1.22 bits per heavy atom. The third-order valence-corrected chi connectivity index (χ3v) is 4.24. The monoisotopic (exact) mass is 264 g/mol. The Hall–Kier alpha value is -1.43. The number of hydrogen-bond donors (Lipinski definition) is 2. The van der Waals surface area contributed by atoms with Gasteiger partial charge >= 0.3 is 0 Å². The fraction of sp³-hybridized carbons (Fsp3) is 0.231. The molecule has 0 saturated carbocycles. The van der Waals surface area contributed by atoms with Crippen LogP contribution in [0.4, 0.5) is 0 Å². The van der Waals surface area contributed by atoms with E-state index in [0.29, 0.717) is 13.0 Å². The highest BCUT2D eigenvalue weighted by atomic mass is 32.2. The molecule has 4 N–H and O–H groups in total. The van der Waals surface area contributed by atoms with Gasteiger partial charge in [-0.15, -0.1) is 0 Å². The molecule has 18 heavy (non-hydrogen) atoms. The molecule has 0 aliphatic heterocycles. The van der Waals surface area contributed by atoms with Gasteiger partial charge in [0.15, 0.2) is 0 Å². The molecule has 1 aliphatic carbocycles. The fourth-order valence-corrected chi connectivity index (χ4v) is 2.70. The first-order chi connectivity index (χ1) is 8.48. The smallest absolute Gasteiger partial charge is 0.237 e. The van der Waals surface area contributed by atoms with Crippen molar-refractivity contribution in [2.24, 2.45) is 10.9 Å². The molecule has 0 spiro atoms. The number of allylic oxidation sites excluding steroid dienone is 2. The van der Waals surface area contributed by atoms with Crippen LogP contribution in [-0.2, 0) is 15.4 Å². The predicted octanol–water partition coefficient (Wildman–Crippen LogP) is 1.02. The van der Waals surface area contributed by atoms with Crippen LogP contribution in [0.2, 0.25) is 0 Å². The maximum absolute atomic E-state index is 11.2. The van der Waals surface area contributed by atoms with Crippen molar-refractivity contribution in [3.05, 3.63) is 59.0 Å². The second-order valence-electron chi connectivity index (χ2n) is 4.42. The highest BCUT2D eigenvalue weighted by Crippen LogP contribution is 2.33. The zero-order valence-corrected chi connectivity index (χ0v) is 10.7. The number of primary sulfonamides is 1. The molecule has 0 radical (unpaired) electrons. The fourth-order valence-electron chi connectivity index (χ4n) is 2.12. The summed E-state index contributed by atoms with van der Waals surface area (Å²) in [6, 6.07) is 9.81. The van der Waals surface area contributed by atoms with E-state index in [0.717, 1.165) is 5.56 Å². The molecule has 0 bridgehead atoms. The van der Waals surface area contributed by atoms with Crippen LogP contribution >= 0.6 is 0 Å². The molecular weight excluding hydrogens is 248 g/mol. The minimum atomic E-state index is -3.63. The molecule has 5 heteroatoms. The van der Waals surface area contributed by atoms with Gasteiger partial charge in [-0.2, -0.15) is 0 Å². The summed E-state index contributed by atoms with van der Waals surface area (Å²) >= 11 is 0. The maximum Gasteiger partial charge on any atom is 0.237 e. The zero-order chi connectivity index (χ0) is 13.2. The first kappa shape index (κ1) is 13.0. The molecule has 1 aromatic rings. The summed E-state index contributed by atoms with van der Waals surface area (Å²) in [4.78, 5) is 0.155. The number of sulfonamides is 1. The molecule has 0 fully saturated rings. The van der Waals surface area contributed by atoms with Crippen LogP contribution in [0.3, 0.4) is 0 Å². The van der Waals surface area contributed by atoms with Gasteiger partial charge in [-0.05, 0) is 18.1 Å². The normalized spacial score (nSPS) is 23.8. The Labute approximate surface area is 107 Å². The molecule has 1 aliphatic rings. The topological polar surface area (TPSA) is 86.2 Å². The van der Waals surface area contributed by atoms with Crippen molar-refractivity contribution in [1.29, 1.82) is 0 Å². The first-order valence-corrected chi connectivity index (χ1v) is 7.20. The van der Waals surface area contributed by atoms with E-state index < -0.39 is 10.0 Å². The second-order valence-corrected chi connectivity index (χ2v) is 5.98. The molecular formula is C13H16N2O2S.